The first-order valence-corrected chi connectivity index (χ1v) is 6.41. The number of aryl methyl sites for hydroxylation is 2. The van der Waals surface area contributed by atoms with E-state index >= 15 is 0 Å². The Kier molecular flexibility index (Phi) is 5.88. The van der Waals surface area contributed by atoms with E-state index in [1.54, 1.807) is 0 Å². The molecule has 0 aromatic heterocycles. The van der Waals surface area contributed by atoms with Crippen molar-refractivity contribution < 1.29 is 0 Å². The van der Waals surface area contributed by atoms with Crippen molar-refractivity contribution in [1.29, 1.82) is 0 Å². The van der Waals surface area contributed by atoms with Crippen LogP contribution in [-0.4, -0.2) is 37.2 Å². The van der Waals surface area contributed by atoms with Crippen molar-refractivity contribution in [2.75, 3.05) is 32.6 Å². The van der Waals surface area contributed by atoms with Gasteiger partial charge in [0, 0.05) is 13.1 Å². The fourth-order valence-electron chi connectivity index (χ4n) is 1.43. The normalized spacial score (nSPS) is 10.3. The van der Waals surface area contributed by atoms with E-state index in [0.717, 1.165) is 18.8 Å². The summed E-state index contributed by atoms with van der Waals surface area (Å²) < 4.78 is 0. The molecule has 1 rings (SSSR count). The van der Waals surface area contributed by atoms with Crippen LogP contribution in [-0.2, 0) is 0 Å². The van der Waals surface area contributed by atoms with Crippen molar-refractivity contribution in [1.82, 2.24) is 15.6 Å². The van der Waals surface area contributed by atoms with Crippen molar-refractivity contribution in [3.05, 3.63) is 29.3 Å². The maximum Gasteiger partial charge on any atom is 0.185 e. The average Bonchev–Trinajstić information content (AvgIpc) is 2.30. The monoisotopic (exact) mass is 266 g/mol. The Labute approximate surface area is 115 Å². The van der Waals surface area contributed by atoms with Gasteiger partial charge in [-0.15, -0.1) is 0 Å². The van der Waals surface area contributed by atoms with E-state index in [2.05, 4.69) is 53.1 Å². The summed E-state index contributed by atoms with van der Waals surface area (Å²) in [5, 5.41) is 3.74. The summed E-state index contributed by atoms with van der Waals surface area (Å²) in [6, 6.07) is 6.26. The van der Waals surface area contributed by atoms with Gasteiger partial charge in [-0.2, -0.15) is 0 Å². The molecule has 0 fully saturated rings. The maximum absolute atomic E-state index is 5.18. The van der Waals surface area contributed by atoms with Crippen LogP contribution in [0.2, 0.25) is 0 Å². The number of rotatable bonds is 5. The van der Waals surface area contributed by atoms with Crippen LogP contribution < -0.4 is 16.2 Å². The Morgan fingerprint density at radius 1 is 1.28 bits per heavy atom. The zero-order valence-electron chi connectivity index (χ0n) is 11.5. The first-order chi connectivity index (χ1) is 8.49. The highest BCUT2D eigenvalue weighted by Gasteiger charge is 1.99. The fraction of sp³-hybridized carbons (Fsp3) is 0.462. The summed E-state index contributed by atoms with van der Waals surface area (Å²) in [5.74, 6) is 0. The van der Waals surface area contributed by atoms with Gasteiger partial charge in [-0.05, 0) is 57.4 Å². The Morgan fingerprint density at radius 2 is 2.00 bits per heavy atom. The topological polar surface area (TPSA) is 39.3 Å². The minimum Gasteiger partial charge on any atom is -0.360 e. The van der Waals surface area contributed by atoms with Crippen LogP contribution in [0.25, 0.3) is 0 Å². The molecule has 3 N–H and O–H groups in total. The number of benzene rings is 1. The van der Waals surface area contributed by atoms with Gasteiger partial charge < -0.3 is 10.2 Å². The predicted molar refractivity (Wildman–Crippen MR) is 81.8 cm³/mol. The molecular weight excluding hydrogens is 244 g/mol. The number of hydrazine groups is 1. The fourth-order valence-corrected chi connectivity index (χ4v) is 1.58. The smallest absolute Gasteiger partial charge is 0.185 e. The van der Waals surface area contributed by atoms with E-state index in [4.69, 9.17) is 12.2 Å². The summed E-state index contributed by atoms with van der Waals surface area (Å²) in [6.45, 7) is 5.91. The first kappa shape index (κ1) is 14.7. The number of likely N-dealkylation sites (N-methyl/N-ethyl adjacent to an activating group) is 1. The lowest BCUT2D eigenvalue weighted by atomic mass is 10.1. The molecule has 4 nitrogen and oxygen atoms in total. The lowest BCUT2D eigenvalue weighted by molar-refractivity contribution is 0.412. The summed E-state index contributed by atoms with van der Waals surface area (Å²) in [6.07, 6.45) is 0. The average molecular weight is 266 g/mol. The molecule has 0 amide bonds. The summed E-state index contributed by atoms with van der Waals surface area (Å²) in [4.78, 5) is 2.10. The maximum atomic E-state index is 5.18. The van der Waals surface area contributed by atoms with Crippen LogP contribution in [0.1, 0.15) is 11.1 Å². The molecule has 0 bridgehead atoms. The van der Waals surface area contributed by atoms with E-state index < -0.39 is 0 Å². The van der Waals surface area contributed by atoms with Crippen LogP contribution in [0.5, 0.6) is 0 Å². The van der Waals surface area contributed by atoms with Gasteiger partial charge >= 0.3 is 0 Å². The van der Waals surface area contributed by atoms with Crippen LogP contribution in [0, 0.1) is 13.8 Å². The van der Waals surface area contributed by atoms with E-state index in [0.29, 0.717) is 5.11 Å². The molecule has 0 spiro atoms. The molecule has 18 heavy (non-hydrogen) atoms. The lowest BCUT2D eigenvalue weighted by Gasteiger charge is -2.15. The molecule has 0 saturated carbocycles. The predicted octanol–water partition coefficient (Wildman–Crippen LogP) is 1.66. The molecule has 100 valence electrons. The number of thiocarbonyl (C=S) groups is 1. The number of hydrogen-bond donors (Lipinski definition) is 3. The van der Waals surface area contributed by atoms with Crippen molar-refractivity contribution in [3.8, 4) is 0 Å². The molecule has 0 aliphatic heterocycles. The molecule has 0 saturated heterocycles. The molecule has 0 heterocycles. The summed E-state index contributed by atoms with van der Waals surface area (Å²) in [5.41, 5.74) is 9.57. The Balaban J connectivity index is 2.36. The van der Waals surface area contributed by atoms with Gasteiger partial charge in [0.05, 0.1) is 5.69 Å². The first-order valence-electron chi connectivity index (χ1n) is 6.01. The van der Waals surface area contributed by atoms with Crippen molar-refractivity contribution >= 4 is 23.0 Å². The minimum absolute atomic E-state index is 0.609. The molecule has 1 aromatic carbocycles. The highest BCUT2D eigenvalue weighted by Crippen LogP contribution is 2.14. The summed E-state index contributed by atoms with van der Waals surface area (Å²) >= 11 is 5.18. The number of anilines is 1. The van der Waals surface area contributed by atoms with Gasteiger partial charge in [-0.25, -0.2) is 0 Å². The molecule has 5 heteroatoms. The molecule has 0 aliphatic carbocycles. The molecule has 0 radical (unpaired) electrons. The zero-order chi connectivity index (χ0) is 13.5. The number of nitrogens with one attached hydrogen (secondary N) is 3. The molecule has 0 unspecified atom stereocenters. The molecular formula is C13H22N4S. The Hall–Kier alpha value is -1.33. The second kappa shape index (κ2) is 7.18. The SMILES string of the molecule is Cc1ccc(C)c(NNC(=S)NCCN(C)C)c1. The zero-order valence-corrected chi connectivity index (χ0v) is 12.3. The van der Waals surface area contributed by atoms with Gasteiger partial charge in [0.15, 0.2) is 5.11 Å². The Bertz CT molecular complexity index is 404. The molecule has 0 atom stereocenters. The minimum atomic E-state index is 0.609. The third kappa shape index (κ3) is 5.33. The molecule has 0 aliphatic rings. The Morgan fingerprint density at radius 3 is 2.67 bits per heavy atom. The third-order valence-corrected chi connectivity index (χ3v) is 2.79. The summed E-state index contributed by atoms with van der Waals surface area (Å²) in [7, 11) is 4.07. The van der Waals surface area contributed by atoms with E-state index in [9.17, 15) is 0 Å². The molecule has 1 aromatic rings. The van der Waals surface area contributed by atoms with Gasteiger partial charge in [-0.1, -0.05) is 12.1 Å². The van der Waals surface area contributed by atoms with Crippen molar-refractivity contribution in [2.24, 2.45) is 0 Å². The van der Waals surface area contributed by atoms with Gasteiger partial charge in [0.1, 0.15) is 0 Å². The number of nitrogens with zero attached hydrogens (tertiary/aromatic N) is 1. The van der Waals surface area contributed by atoms with Crippen LogP contribution in [0.3, 0.4) is 0 Å². The van der Waals surface area contributed by atoms with Gasteiger partial charge in [0.2, 0.25) is 0 Å². The van der Waals surface area contributed by atoms with Gasteiger partial charge in [0.25, 0.3) is 0 Å². The second-order valence-electron chi connectivity index (χ2n) is 4.63. The largest absolute Gasteiger partial charge is 0.360 e. The second-order valence-corrected chi connectivity index (χ2v) is 5.04. The van der Waals surface area contributed by atoms with Crippen LogP contribution in [0.15, 0.2) is 18.2 Å². The van der Waals surface area contributed by atoms with Crippen LogP contribution in [0.4, 0.5) is 5.69 Å². The highest BCUT2D eigenvalue weighted by molar-refractivity contribution is 7.80. The van der Waals surface area contributed by atoms with Gasteiger partial charge in [-0.3, -0.25) is 10.9 Å². The van der Waals surface area contributed by atoms with E-state index in [-0.39, 0.29) is 0 Å². The van der Waals surface area contributed by atoms with E-state index in [1.165, 1.54) is 11.1 Å². The van der Waals surface area contributed by atoms with Crippen LogP contribution >= 0.6 is 12.2 Å². The van der Waals surface area contributed by atoms with Crippen molar-refractivity contribution in [2.45, 2.75) is 13.8 Å². The highest BCUT2D eigenvalue weighted by atomic mass is 32.1. The van der Waals surface area contributed by atoms with Crippen molar-refractivity contribution in [3.63, 3.8) is 0 Å². The van der Waals surface area contributed by atoms with E-state index in [1.807, 2.05) is 14.1 Å². The quantitative estimate of drug-likeness (QED) is 0.558. The third-order valence-electron chi connectivity index (χ3n) is 2.55. The number of hydrogen-bond acceptors (Lipinski definition) is 3. The standard InChI is InChI=1S/C13H22N4S/c1-10-5-6-11(2)12(9-10)15-16-13(18)14-7-8-17(3)4/h5-6,9,15H,7-8H2,1-4H3,(H2,14,16,18). The lowest BCUT2D eigenvalue weighted by Crippen LogP contribution is -2.41.